The van der Waals surface area contributed by atoms with Gasteiger partial charge in [0.1, 0.15) is 0 Å². The van der Waals surface area contributed by atoms with E-state index in [4.69, 9.17) is 17.3 Å². The highest BCUT2D eigenvalue weighted by Crippen LogP contribution is 2.23. The molecule has 2 N–H and O–H groups in total. The van der Waals surface area contributed by atoms with Crippen LogP contribution >= 0.6 is 11.6 Å². The lowest BCUT2D eigenvalue weighted by Gasteiger charge is -2.37. The van der Waals surface area contributed by atoms with Gasteiger partial charge in [-0.05, 0) is 50.3 Å². The normalized spacial score (nSPS) is 21.6. The van der Waals surface area contributed by atoms with E-state index in [2.05, 4.69) is 0 Å². The fourth-order valence-electron chi connectivity index (χ4n) is 2.93. The molecule has 0 spiro atoms. The van der Waals surface area contributed by atoms with Gasteiger partial charge in [-0.2, -0.15) is 0 Å². The molecular weight excluding hydrogens is 300 g/mol. The van der Waals surface area contributed by atoms with Crippen molar-refractivity contribution in [1.82, 2.24) is 4.90 Å². The van der Waals surface area contributed by atoms with Crippen LogP contribution in [0.25, 0.3) is 0 Å². The summed E-state index contributed by atoms with van der Waals surface area (Å²) in [4.78, 5) is 25.5. The first-order valence-corrected chi connectivity index (χ1v) is 8.18. The van der Waals surface area contributed by atoms with Gasteiger partial charge in [0.2, 0.25) is 11.8 Å². The largest absolute Gasteiger partial charge is 0.369 e. The Labute approximate surface area is 136 Å². The second kappa shape index (κ2) is 7.63. The van der Waals surface area contributed by atoms with Crippen molar-refractivity contribution in [3.63, 3.8) is 0 Å². The number of primary amides is 1. The van der Waals surface area contributed by atoms with Gasteiger partial charge in [0.25, 0.3) is 0 Å². The summed E-state index contributed by atoms with van der Waals surface area (Å²) in [5.41, 5.74) is 6.56. The molecule has 1 aromatic carbocycles. The van der Waals surface area contributed by atoms with Gasteiger partial charge >= 0.3 is 0 Å². The van der Waals surface area contributed by atoms with E-state index in [0.29, 0.717) is 13.0 Å². The van der Waals surface area contributed by atoms with Gasteiger partial charge in [0.05, 0.1) is 5.92 Å². The van der Waals surface area contributed by atoms with Gasteiger partial charge in [-0.1, -0.05) is 23.7 Å². The first-order valence-electron chi connectivity index (χ1n) is 7.80. The van der Waals surface area contributed by atoms with E-state index in [-0.39, 0.29) is 23.8 Å². The number of carbonyl (C=O) groups excluding carboxylic acids is 2. The quantitative estimate of drug-likeness (QED) is 0.906. The van der Waals surface area contributed by atoms with Gasteiger partial charge in [0.15, 0.2) is 0 Å². The van der Waals surface area contributed by atoms with Crippen LogP contribution in [0, 0.1) is 5.92 Å². The lowest BCUT2D eigenvalue weighted by molar-refractivity contribution is -0.137. The number of aryl methyl sites for hydroxylation is 1. The summed E-state index contributed by atoms with van der Waals surface area (Å²) < 4.78 is 0. The molecule has 1 saturated heterocycles. The van der Waals surface area contributed by atoms with E-state index in [1.165, 1.54) is 5.56 Å². The number of hydrogen-bond donors (Lipinski definition) is 1. The Balaban J connectivity index is 1.82. The Hall–Kier alpha value is -1.55. The van der Waals surface area contributed by atoms with Crippen molar-refractivity contribution >= 4 is 23.4 Å². The minimum Gasteiger partial charge on any atom is -0.369 e. The van der Waals surface area contributed by atoms with Crippen LogP contribution in [0.3, 0.4) is 0 Å². The molecule has 0 aromatic heterocycles. The fourth-order valence-corrected chi connectivity index (χ4v) is 3.05. The van der Waals surface area contributed by atoms with Crippen molar-refractivity contribution in [3.8, 4) is 0 Å². The molecule has 4 nitrogen and oxygen atoms in total. The number of rotatable bonds is 5. The highest BCUT2D eigenvalue weighted by atomic mass is 35.5. The first-order chi connectivity index (χ1) is 10.5. The van der Waals surface area contributed by atoms with Gasteiger partial charge in [-0.3, -0.25) is 9.59 Å². The number of nitrogens with zero attached hydrogens (tertiary/aromatic N) is 1. The lowest BCUT2D eigenvalue weighted by atomic mass is 9.92. The third-order valence-corrected chi connectivity index (χ3v) is 4.63. The minimum atomic E-state index is -0.300. The SMILES string of the molecule is C[C@@H]1CC[C@@H](C(N)=O)CN1C(=O)CCCc1ccc(Cl)cc1. The van der Waals surface area contributed by atoms with Crippen LogP contribution in [0.2, 0.25) is 5.02 Å². The molecule has 0 aliphatic carbocycles. The number of likely N-dealkylation sites (tertiary alicyclic amines) is 1. The highest BCUT2D eigenvalue weighted by molar-refractivity contribution is 6.30. The van der Waals surface area contributed by atoms with E-state index in [9.17, 15) is 9.59 Å². The minimum absolute atomic E-state index is 0.118. The predicted octanol–water partition coefficient (Wildman–Crippen LogP) is 2.78. The molecule has 2 atom stereocenters. The van der Waals surface area contributed by atoms with Crippen LogP contribution in [0.4, 0.5) is 0 Å². The molecule has 0 saturated carbocycles. The van der Waals surface area contributed by atoms with E-state index in [0.717, 1.165) is 30.7 Å². The lowest BCUT2D eigenvalue weighted by Crippen LogP contribution is -2.48. The molecule has 1 fully saturated rings. The van der Waals surface area contributed by atoms with Crippen LogP contribution in [-0.4, -0.2) is 29.3 Å². The summed E-state index contributed by atoms with van der Waals surface area (Å²) >= 11 is 5.85. The van der Waals surface area contributed by atoms with Crippen molar-refractivity contribution in [2.75, 3.05) is 6.54 Å². The van der Waals surface area contributed by atoms with E-state index in [1.54, 1.807) is 0 Å². The van der Waals surface area contributed by atoms with E-state index in [1.807, 2.05) is 36.1 Å². The fraction of sp³-hybridized carbons (Fsp3) is 0.529. The van der Waals surface area contributed by atoms with Crippen LogP contribution in [0.1, 0.15) is 38.2 Å². The molecular formula is C17H23ClN2O2. The summed E-state index contributed by atoms with van der Waals surface area (Å²) in [6.45, 7) is 2.50. The summed E-state index contributed by atoms with van der Waals surface area (Å²) in [5, 5.41) is 0.722. The zero-order chi connectivity index (χ0) is 16.1. The smallest absolute Gasteiger partial charge is 0.222 e. The number of benzene rings is 1. The zero-order valence-electron chi connectivity index (χ0n) is 12.9. The van der Waals surface area contributed by atoms with Crippen LogP contribution in [0.5, 0.6) is 0 Å². The molecule has 1 heterocycles. The van der Waals surface area contributed by atoms with Crippen molar-refractivity contribution in [2.24, 2.45) is 11.7 Å². The van der Waals surface area contributed by atoms with Gasteiger partial charge in [0, 0.05) is 24.0 Å². The van der Waals surface area contributed by atoms with E-state index < -0.39 is 0 Å². The number of hydrogen-bond acceptors (Lipinski definition) is 2. The van der Waals surface area contributed by atoms with E-state index >= 15 is 0 Å². The molecule has 0 radical (unpaired) electrons. The maximum Gasteiger partial charge on any atom is 0.222 e. The molecule has 1 aliphatic rings. The van der Waals surface area contributed by atoms with Gasteiger partial charge in [-0.25, -0.2) is 0 Å². The van der Waals surface area contributed by atoms with Gasteiger partial charge in [-0.15, -0.1) is 0 Å². The second-order valence-corrected chi connectivity index (χ2v) is 6.49. The summed E-state index contributed by atoms with van der Waals surface area (Å²) in [6, 6.07) is 7.89. The summed E-state index contributed by atoms with van der Waals surface area (Å²) in [7, 11) is 0. The molecule has 0 bridgehead atoms. The van der Waals surface area contributed by atoms with Crippen molar-refractivity contribution < 1.29 is 9.59 Å². The Kier molecular flexibility index (Phi) is 5.83. The average Bonchev–Trinajstić information content (AvgIpc) is 2.49. The molecule has 1 aromatic rings. The Morgan fingerprint density at radius 2 is 1.95 bits per heavy atom. The number of piperidine rings is 1. The van der Waals surface area contributed by atoms with Crippen molar-refractivity contribution in [2.45, 2.75) is 45.1 Å². The maximum absolute atomic E-state index is 12.4. The van der Waals surface area contributed by atoms with Crippen LogP contribution < -0.4 is 5.73 Å². The van der Waals surface area contributed by atoms with Crippen LogP contribution in [-0.2, 0) is 16.0 Å². The van der Waals surface area contributed by atoms with Gasteiger partial charge < -0.3 is 10.6 Å². The Morgan fingerprint density at radius 3 is 2.59 bits per heavy atom. The second-order valence-electron chi connectivity index (χ2n) is 6.05. The Morgan fingerprint density at radius 1 is 1.27 bits per heavy atom. The average molecular weight is 323 g/mol. The number of nitrogens with two attached hydrogens (primary N) is 1. The standard InChI is InChI=1S/C17H23ClN2O2/c1-12-5-8-14(17(19)22)11-20(12)16(21)4-2-3-13-6-9-15(18)10-7-13/h6-7,9-10,12,14H,2-5,8,11H2,1H3,(H2,19,22)/t12-,14-/m1/s1. The molecule has 2 amide bonds. The summed E-state index contributed by atoms with van der Waals surface area (Å²) in [5.74, 6) is -0.380. The molecule has 120 valence electrons. The number of halogens is 1. The predicted molar refractivity (Wildman–Crippen MR) is 87.5 cm³/mol. The number of carbonyl (C=O) groups is 2. The molecule has 22 heavy (non-hydrogen) atoms. The molecule has 1 aliphatic heterocycles. The maximum atomic E-state index is 12.4. The topological polar surface area (TPSA) is 63.4 Å². The summed E-state index contributed by atoms with van der Waals surface area (Å²) in [6.07, 6.45) is 3.77. The van der Waals surface area contributed by atoms with Crippen LogP contribution in [0.15, 0.2) is 24.3 Å². The monoisotopic (exact) mass is 322 g/mol. The number of amides is 2. The van der Waals surface area contributed by atoms with Crippen molar-refractivity contribution in [1.29, 1.82) is 0 Å². The Bertz CT molecular complexity index is 530. The third kappa shape index (κ3) is 4.47. The zero-order valence-corrected chi connectivity index (χ0v) is 13.7. The molecule has 0 unspecified atom stereocenters. The molecule has 5 heteroatoms. The third-order valence-electron chi connectivity index (χ3n) is 4.37. The van der Waals surface area contributed by atoms with Crippen molar-refractivity contribution in [3.05, 3.63) is 34.9 Å². The molecule has 2 rings (SSSR count). The highest BCUT2D eigenvalue weighted by Gasteiger charge is 2.31. The first kappa shape index (κ1) is 16.8.